The lowest BCUT2D eigenvalue weighted by molar-refractivity contribution is -0.142. The highest BCUT2D eigenvalue weighted by Gasteiger charge is 2.57. The molecule has 4 atom stereocenters. The van der Waals surface area contributed by atoms with Crippen LogP contribution in [0, 0.1) is 11.8 Å². The second kappa shape index (κ2) is 9.98. The van der Waals surface area contributed by atoms with Gasteiger partial charge < -0.3 is 20.6 Å². The molecule has 3 rings (SSSR count). The van der Waals surface area contributed by atoms with Crippen molar-refractivity contribution in [1.82, 2.24) is 15.5 Å². The minimum atomic E-state index is -1.10. The van der Waals surface area contributed by atoms with Crippen LogP contribution in [-0.2, 0) is 14.4 Å². The summed E-state index contributed by atoms with van der Waals surface area (Å²) in [7, 11) is 0. The van der Waals surface area contributed by atoms with Crippen molar-refractivity contribution in [3.05, 3.63) is 35.4 Å². The molecule has 0 spiro atoms. The molecule has 0 radical (unpaired) electrons. The topological polar surface area (TPSA) is 116 Å². The average Bonchev–Trinajstić information content (AvgIpc) is 3.15. The van der Waals surface area contributed by atoms with E-state index in [2.05, 4.69) is 10.6 Å². The number of carbonyl (C=O) groups excluding carboxylic acids is 3. The Morgan fingerprint density at radius 2 is 1.62 bits per heavy atom. The van der Waals surface area contributed by atoms with Gasteiger partial charge in [-0.3, -0.25) is 14.4 Å². The number of nitrogens with zero attached hydrogens (tertiary/aromatic N) is 1. The van der Waals surface area contributed by atoms with Crippen LogP contribution in [0.1, 0.15) is 75.7 Å². The van der Waals surface area contributed by atoms with Gasteiger partial charge in [0.15, 0.2) is 0 Å². The molecule has 186 valence electrons. The number of fused-ring (bicyclic) bond motifs is 3. The van der Waals surface area contributed by atoms with Crippen molar-refractivity contribution in [3.63, 3.8) is 0 Å². The Balaban J connectivity index is 1.82. The minimum absolute atomic E-state index is 0.0793. The summed E-state index contributed by atoms with van der Waals surface area (Å²) in [6.45, 7) is 11.5. The normalized spacial score (nSPS) is 22.4. The second-order valence-electron chi connectivity index (χ2n) is 10.5. The zero-order valence-corrected chi connectivity index (χ0v) is 21.4. The molecule has 34 heavy (non-hydrogen) atoms. The third kappa shape index (κ3) is 5.24. The quantitative estimate of drug-likeness (QED) is 0.491. The van der Waals surface area contributed by atoms with Crippen molar-refractivity contribution in [1.29, 1.82) is 0 Å². The summed E-state index contributed by atoms with van der Waals surface area (Å²) in [5.74, 6) is -2.06. The van der Waals surface area contributed by atoms with Crippen LogP contribution in [0.3, 0.4) is 0 Å². The van der Waals surface area contributed by atoms with Crippen molar-refractivity contribution in [2.24, 2.45) is 11.8 Å². The maximum atomic E-state index is 13.6. The second-order valence-corrected chi connectivity index (χ2v) is 12.2. The van der Waals surface area contributed by atoms with Gasteiger partial charge in [0, 0.05) is 10.3 Å². The summed E-state index contributed by atoms with van der Waals surface area (Å²) in [5, 5.41) is 14.7. The molecule has 0 unspecified atom stereocenters. The lowest BCUT2D eigenvalue weighted by Gasteiger charge is -2.31. The minimum Gasteiger partial charge on any atom is -0.480 e. The fraction of sp³-hybridized carbons (Fsp3) is 0.600. The number of benzene rings is 1. The van der Waals surface area contributed by atoms with Gasteiger partial charge in [0.2, 0.25) is 11.8 Å². The predicted octanol–water partition coefficient (Wildman–Crippen LogP) is 3.18. The predicted molar refractivity (Wildman–Crippen MR) is 131 cm³/mol. The van der Waals surface area contributed by atoms with Gasteiger partial charge in [-0.1, -0.05) is 45.9 Å². The van der Waals surface area contributed by atoms with Crippen molar-refractivity contribution in [2.45, 2.75) is 82.6 Å². The molecule has 1 aromatic rings. The molecule has 1 fully saturated rings. The molecule has 8 nitrogen and oxygen atoms in total. The molecule has 2 aliphatic rings. The van der Waals surface area contributed by atoms with E-state index in [-0.39, 0.29) is 29.5 Å². The van der Waals surface area contributed by atoms with Gasteiger partial charge in [-0.25, -0.2) is 4.79 Å². The molecular formula is C25H35N3O5S. The number of thioether (sulfide) groups is 1. The first-order valence-electron chi connectivity index (χ1n) is 11.8. The molecule has 3 amide bonds. The van der Waals surface area contributed by atoms with Gasteiger partial charge in [-0.05, 0) is 50.2 Å². The summed E-state index contributed by atoms with van der Waals surface area (Å²) in [6, 6.07) is 4.68. The molecule has 2 aliphatic heterocycles. The van der Waals surface area contributed by atoms with Gasteiger partial charge in [0.1, 0.15) is 23.5 Å². The highest BCUT2D eigenvalue weighted by Crippen LogP contribution is 2.56. The number of aliphatic carboxylic acids is 1. The van der Waals surface area contributed by atoms with E-state index in [1.165, 1.54) is 0 Å². The zero-order chi connectivity index (χ0) is 25.4. The Hall–Kier alpha value is -2.55. The highest BCUT2D eigenvalue weighted by molar-refractivity contribution is 8.01. The third-order valence-corrected chi connectivity index (χ3v) is 7.74. The number of rotatable bonds is 9. The summed E-state index contributed by atoms with van der Waals surface area (Å²) in [5.41, 5.74) is 1.50. The lowest BCUT2D eigenvalue weighted by Crippen LogP contribution is -2.58. The van der Waals surface area contributed by atoms with Crippen LogP contribution in [0.5, 0.6) is 0 Å². The zero-order valence-electron chi connectivity index (χ0n) is 20.6. The SMILES string of the molecule is CC(C)C[C@H](NC(=O)[C@H](CC(C)C)NC(=O)[C@@H]1N2C(=O)c3ccccc3[C@@H]2SC1(C)C)C(=O)O. The van der Waals surface area contributed by atoms with E-state index in [4.69, 9.17) is 0 Å². The van der Waals surface area contributed by atoms with E-state index in [1.54, 1.807) is 22.7 Å². The molecule has 0 bridgehead atoms. The molecule has 1 aromatic carbocycles. The number of carboxylic acids is 1. The Morgan fingerprint density at radius 1 is 1.03 bits per heavy atom. The highest BCUT2D eigenvalue weighted by atomic mass is 32.2. The fourth-order valence-electron chi connectivity index (χ4n) is 4.72. The summed E-state index contributed by atoms with van der Waals surface area (Å²) in [6.07, 6.45) is 0.640. The van der Waals surface area contributed by atoms with E-state index in [1.807, 2.05) is 59.7 Å². The first kappa shape index (κ1) is 26.1. The fourth-order valence-corrected chi connectivity index (χ4v) is 6.31. The van der Waals surface area contributed by atoms with E-state index < -0.39 is 40.7 Å². The molecular weight excluding hydrogens is 454 g/mol. The van der Waals surface area contributed by atoms with Crippen molar-refractivity contribution in [2.75, 3.05) is 0 Å². The number of hydrogen-bond acceptors (Lipinski definition) is 5. The Bertz CT molecular complexity index is 977. The monoisotopic (exact) mass is 489 g/mol. The largest absolute Gasteiger partial charge is 0.480 e. The number of hydrogen-bond donors (Lipinski definition) is 3. The Labute approximate surface area is 205 Å². The van der Waals surface area contributed by atoms with Crippen LogP contribution in [0.4, 0.5) is 0 Å². The molecule has 2 heterocycles. The van der Waals surface area contributed by atoms with Crippen LogP contribution >= 0.6 is 11.8 Å². The molecule has 9 heteroatoms. The lowest BCUT2D eigenvalue weighted by atomic mass is 9.97. The first-order valence-corrected chi connectivity index (χ1v) is 12.6. The number of amides is 3. The van der Waals surface area contributed by atoms with Gasteiger partial charge in [0.25, 0.3) is 5.91 Å². The Morgan fingerprint density at radius 3 is 2.21 bits per heavy atom. The number of carbonyl (C=O) groups is 4. The average molecular weight is 490 g/mol. The van der Waals surface area contributed by atoms with Crippen LogP contribution in [0.2, 0.25) is 0 Å². The van der Waals surface area contributed by atoms with Crippen LogP contribution in [0.25, 0.3) is 0 Å². The molecule has 0 aliphatic carbocycles. The van der Waals surface area contributed by atoms with Crippen LogP contribution < -0.4 is 10.6 Å². The van der Waals surface area contributed by atoms with Crippen LogP contribution in [-0.4, -0.2) is 56.6 Å². The van der Waals surface area contributed by atoms with Crippen molar-refractivity contribution >= 4 is 35.5 Å². The molecule has 0 aromatic heterocycles. The molecule has 0 saturated carbocycles. The molecule has 1 saturated heterocycles. The van der Waals surface area contributed by atoms with Gasteiger partial charge in [-0.15, -0.1) is 11.8 Å². The van der Waals surface area contributed by atoms with Gasteiger partial charge in [0.05, 0.1) is 0 Å². The van der Waals surface area contributed by atoms with E-state index in [0.29, 0.717) is 12.0 Å². The smallest absolute Gasteiger partial charge is 0.326 e. The summed E-state index contributed by atoms with van der Waals surface area (Å²) < 4.78 is -0.571. The standard InChI is InChI=1S/C25H35N3O5S/c1-13(2)11-17(20(29)27-18(24(32)33)12-14(3)4)26-21(30)19-25(5,6)34-23-16-10-8-7-9-15(16)22(31)28(19)23/h7-10,13-14,17-19,23H,11-12H2,1-6H3,(H,26,30)(H,27,29)(H,32,33)/t17-,18-,19-,23-/m0/s1. The first-order chi connectivity index (χ1) is 15.8. The maximum Gasteiger partial charge on any atom is 0.326 e. The summed E-state index contributed by atoms with van der Waals surface area (Å²) >= 11 is 1.56. The molecule has 3 N–H and O–H groups in total. The van der Waals surface area contributed by atoms with Crippen LogP contribution in [0.15, 0.2) is 24.3 Å². The number of nitrogens with one attached hydrogen (secondary N) is 2. The maximum absolute atomic E-state index is 13.6. The van der Waals surface area contributed by atoms with Crippen molar-refractivity contribution in [3.8, 4) is 0 Å². The van der Waals surface area contributed by atoms with Gasteiger partial charge >= 0.3 is 5.97 Å². The Kier molecular flexibility index (Phi) is 7.65. The van der Waals surface area contributed by atoms with E-state index in [9.17, 15) is 24.3 Å². The van der Waals surface area contributed by atoms with E-state index >= 15 is 0 Å². The van der Waals surface area contributed by atoms with E-state index in [0.717, 1.165) is 5.56 Å². The van der Waals surface area contributed by atoms with Gasteiger partial charge in [-0.2, -0.15) is 0 Å². The summed E-state index contributed by atoms with van der Waals surface area (Å²) in [4.78, 5) is 53.1. The van der Waals surface area contributed by atoms with Crippen molar-refractivity contribution < 1.29 is 24.3 Å². The number of carboxylic acid groups (broad SMARTS) is 1. The third-order valence-electron chi connectivity index (χ3n) is 6.21.